The second-order valence-corrected chi connectivity index (χ2v) is 6.77. The quantitative estimate of drug-likeness (QED) is 0.533. The molecule has 136 valence electrons. The lowest BCUT2D eigenvalue weighted by atomic mass is 9.91. The summed E-state index contributed by atoms with van der Waals surface area (Å²) < 4.78 is 27.7. The molecule has 1 N–H and O–H groups in total. The number of fused-ring (bicyclic) bond motifs is 2. The number of para-hydroxylation sites is 1. The first-order chi connectivity index (χ1) is 13.6. The number of aromatic nitrogens is 1. The van der Waals surface area contributed by atoms with Crippen molar-refractivity contribution in [1.29, 1.82) is 0 Å². The van der Waals surface area contributed by atoms with Crippen molar-refractivity contribution in [3.63, 3.8) is 0 Å². The van der Waals surface area contributed by atoms with Gasteiger partial charge in [0.25, 0.3) is 5.91 Å². The highest BCUT2D eigenvalue weighted by molar-refractivity contribution is 6.02. The molecule has 0 spiro atoms. The largest absolute Gasteiger partial charge is 0.348 e. The van der Waals surface area contributed by atoms with Gasteiger partial charge in [0.2, 0.25) is 0 Å². The zero-order chi connectivity index (χ0) is 19.3. The van der Waals surface area contributed by atoms with Crippen molar-refractivity contribution >= 4 is 16.8 Å². The average Bonchev–Trinajstić information content (AvgIpc) is 3.08. The van der Waals surface area contributed by atoms with E-state index < -0.39 is 11.6 Å². The molecule has 3 aromatic carbocycles. The van der Waals surface area contributed by atoms with Crippen LogP contribution >= 0.6 is 0 Å². The van der Waals surface area contributed by atoms with Gasteiger partial charge < -0.3 is 5.32 Å². The number of rotatable bonds is 2. The molecular formula is C23H14F2N2O. The molecule has 0 bridgehead atoms. The highest BCUT2D eigenvalue weighted by Crippen LogP contribution is 2.36. The Morgan fingerprint density at radius 3 is 2.54 bits per heavy atom. The number of carbonyl (C=O) groups excluding carboxylic acids is 1. The van der Waals surface area contributed by atoms with Gasteiger partial charge in [0.15, 0.2) is 0 Å². The van der Waals surface area contributed by atoms with Crippen molar-refractivity contribution in [2.45, 2.75) is 6.54 Å². The summed E-state index contributed by atoms with van der Waals surface area (Å²) in [6.45, 7) is 0.405. The molecule has 1 amide bonds. The Balaban J connectivity index is 1.76. The highest BCUT2D eigenvalue weighted by atomic mass is 19.1. The third-order valence-corrected chi connectivity index (χ3v) is 5.06. The molecule has 2 heterocycles. The maximum atomic E-state index is 14.4. The first-order valence-corrected chi connectivity index (χ1v) is 8.86. The summed E-state index contributed by atoms with van der Waals surface area (Å²) in [5, 5.41) is 3.80. The lowest BCUT2D eigenvalue weighted by molar-refractivity contribution is 0.0966. The molecule has 0 fully saturated rings. The molecule has 0 saturated heterocycles. The maximum Gasteiger partial charge on any atom is 0.251 e. The molecule has 1 aliphatic rings. The van der Waals surface area contributed by atoms with Crippen LogP contribution in [0.4, 0.5) is 8.78 Å². The van der Waals surface area contributed by atoms with Crippen LogP contribution in [0, 0.1) is 11.6 Å². The maximum absolute atomic E-state index is 14.4. The van der Waals surface area contributed by atoms with E-state index in [4.69, 9.17) is 0 Å². The minimum Gasteiger partial charge on any atom is -0.348 e. The molecule has 0 atom stereocenters. The van der Waals surface area contributed by atoms with Crippen molar-refractivity contribution in [2.24, 2.45) is 0 Å². The molecule has 0 saturated carbocycles. The molecule has 0 aliphatic carbocycles. The van der Waals surface area contributed by atoms with E-state index in [1.165, 1.54) is 12.1 Å². The number of hydrogen-bond donors (Lipinski definition) is 1. The lowest BCUT2D eigenvalue weighted by Crippen LogP contribution is -2.12. The van der Waals surface area contributed by atoms with Crippen LogP contribution in [0.3, 0.4) is 0 Å². The van der Waals surface area contributed by atoms with E-state index in [1.807, 2.05) is 36.4 Å². The molecule has 5 heteroatoms. The van der Waals surface area contributed by atoms with Crippen molar-refractivity contribution < 1.29 is 13.6 Å². The van der Waals surface area contributed by atoms with E-state index in [0.717, 1.165) is 33.7 Å². The van der Waals surface area contributed by atoms with Gasteiger partial charge in [0.1, 0.15) is 11.6 Å². The summed E-state index contributed by atoms with van der Waals surface area (Å²) in [7, 11) is 0. The number of halogens is 2. The normalized spacial score (nSPS) is 12.9. The SMILES string of the molecule is O=C1NCc2c1cc(-c1ccc(F)cc1F)cc2-c1cnc2ccccc2c1. The second kappa shape index (κ2) is 6.23. The van der Waals surface area contributed by atoms with Crippen LogP contribution in [0.2, 0.25) is 0 Å². The number of pyridine rings is 1. The number of benzene rings is 3. The van der Waals surface area contributed by atoms with Crippen molar-refractivity contribution in [3.8, 4) is 22.3 Å². The summed E-state index contributed by atoms with van der Waals surface area (Å²) in [6.07, 6.45) is 1.76. The zero-order valence-corrected chi connectivity index (χ0v) is 14.7. The molecule has 28 heavy (non-hydrogen) atoms. The predicted octanol–water partition coefficient (Wildman–Crippen LogP) is 5.09. The van der Waals surface area contributed by atoms with E-state index in [-0.39, 0.29) is 11.5 Å². The van der Waals surface area contributed by atoms with Crippen LogP contribution in [0.5, 0.6) is 0 Å². The third kappa shape index (κ3) is 2.63. The van der Waals surface area contributed by atoms with Gasteiger partial charge in [-0.15, -0.1) is 0 Å². The van der Waals surface area contributed by atoms with Gasteiger partial charge in [0, 0.05) is 40.9 Å². The van der Waals surface area contributed by atoms with E-state index in [2.05, 4.69) is 10.3 Å². The summed E-state index contributed by atoms with van der Waals surface area (Å²) in [4.78, 5) is 16.8. The lowest BCUT2D eigenvalue weighted by Gasteiger charge is -2.12. The number of nitrogens with one attached hydrogen (secondary N) is 1. The Hall–Kier alpha value is -3.60. The molecule has 4 aromatic rings. The second-order valence-electron chi connectivity index (χ2n) is 6.77. The van der Waals surface area contributed by atoms with Crippen molar-refractivity contribution in [1.82, 2.24) is 10.3 Å². The van der Waals surface area contributed by atoms with Crippen LogP contribution in [0.25, 0.3) is 33.2 Å². The third-order valence-electron chi connectivity index (χ3n) is 5.06. The molecule has 0 unspecified atom stereocenters. The highest BCUT2D eigenvalue weighted by Gasteiger charge is 2.24. The van der Waals surface area contributed by atoms with Gasteiger partial charge in [0.05, 0.1) is 5.52 Å². The number of carbonyl (C=O) groups is 1. The topological polar surface area (TPSA) is 42.0 Å². The van der Waals surface area contributed by atoms with Crippen LogP contribution < -0.4 is 5.32 Å². The molecule has 3 nitrogen and oxygen atoms in total. The predicted molar refractivity (Wildman–Crippen MR) is 104 cm³/mol. The number of nitrogens with zero attached hydrogens (tertiary/aromatic N) is 1. The molecule has 0 radical (unpaired) electrons. The molecule has 1 aromatic heterocycles. The fourth-order valence-electron chi connectivity index (χ4n) is 3.68. The van der Waals surface area contributed by atoms with Gasteiger partial charge in [-0.3, -0.25) is 9.78 Å². The Morgan fingerprint density at radius 1 is 0.857 bits per heavy atom. The van der Waals surface area contributed by atoms with E-state index in [1.54, 1.807) is 12.3 Å². The Bertz CT molecular complexity index is 1270. The first kappa shape index (κ1) is 16.6. The first-order valence-electron chi connectivity index (χ1n) is 8.86. The van der Waals surface area contributed by atoms with Gasteiger partial charge in [-0.05, 0) is 53.1 Å². The van der Waals surface area contributed by atoms with E-state index >= 15 is 0 Å². The van der Waals surface area contributed by atoms with Crippen LogP contribution in [0.1, 0.15) is 15.9 Å². The van der Waals surface area contributed by atoms with E-state index in [9.17, 15) is 13.6 Å². The fraction of sp³-hybridized carbons (Fsp3) is 0.0435. The van der Waals surface area contributed by atoms with Crippen molar-refractivity contribution in [2.75, 3.05) is 0 Å². The van der Waals surface area contributed by atoms with E-state index in [0.29, 0.717) is 17.7 Å². The van der Waals surface area contributed by atoms with Gasteiger partial charge >= 0.3 is 0 Å². The molecule has 1 aliphatic heterocycles. The summed E-state index contributed by atoms with van der Waals surface area (Å²) >= 11 is 0. The van der Waals surface area contributed by atoms with Crippen LogP contribution in [-0.4, -0.2) is 10.9 Å². The molecular weight excluding hydrogens is 358 g/mol. The summed E-state index contributed by atoms with van der Waals surface area (Å²) in [5.74, 6) is -1.51. The van der Waals surface area contributed by atoms with Crippen molar-refractivity contribution in [3.05, 3.63) is 89.6 Å². The minimum absolute atomic E-state index is 0.200. The summed E-state index contributed by atoms with van der Waals surface area (Å²) in [6, 6.07) is 16.7. The van der Waals surface area contributed by atoms with Crippen LogP contribution in [0.15, 0.2) is 66.9 Å². The Kier molecular flexibility index (Phi) is 3.69. The Labute approximate surface area is 159 Å². The number of hydrogen-bond acceptors (Lipinski definition) is 2. The van der Waals surface area contributed by atoms with Gasteiger partial charge in [-0.1, -0.05) is 18.2 Å². The average molecular weight is 372 g/mol. The minimum atomic E-state index is -0.666. The number of amides is 1. The van der Waals surface area contributed by atoms with Gasteiger partial charge in [-0.2, -0.15) is 0 Å². The standard InChI is InChI=1S/C23H14F2N2O/c24-16-5-6-17(21(25)10-16)14-8-18(20-12-27-23(28)19(20)9-14)15-7-13-3-1-2-4-22(13)26-11-15/h1-11H,12H2,(H,27,28). The monoisotopic (exact) mass is 372 g/mol. The van der Waals surface area contributed by atoms with Gasteiger partial charge in [-0.25, -0.2) is 8.78 Å². The van der Waals surface area contributed by atoms with Crippen LogP contribution in [-0.2, 0) is 6.54 Å². The fourth-order valence-corrected chi connectivity index (χ4v) is 3.68. The smallest absolute Gasteiger partial charge is 0.251 e. The molecule has 5 rings (SSSR count). The zero-order valence-electron chi connectivity index (χ0n) is 14.7. The Morgan fingerprint density at radius 2 is 1.68 bits per heavy atom. The summed E-state index contributed by atoms with van der Waals surface area (Å²) in [5.41, 5.74) is 4.66.